The molecule has 0 aliphatic carbocycles. The van der Waals surface area contributed by atoms with Gasteiger partial charge >= 0.3 is 5.69 Å². The summed E-state index contributed by atoms with van der Waals surface area (Å²) >= 11 is 0. The van der Waals surface area contributed by atoms with E-state index >= 15 is 0 Å². The first kappa shape index (κ1) is 16.5. The fourth-order valence-corrected chi connectivity index (χ4v) is 2.28. The van der Waals surface area contributed by atoms with Crippen molar-refractivity contribution >= 4 is 11.6 Å². The lowest BCUT2D eigenvalue weighted by atomic mass is 10.1. The van der Waals surface area contributed by atoms with Crippen LogP contribution in [0.1, 0.15) is 22.8 Å². The summed E-state index contributed by atoms with van der Waals surface area (Å²) in [6.45, 7) is 2.84. The van der Waals surface area contributed by atoms with Crippen molar-refractivity contribution in [2.24, 2.45) is 0 Å². The zero-order valence-electron chi connectivity index (χ0n) is 13.1. The molecule has 6 nitrogen and oxygen atoms in total. The Morgan fingerprint density at radius 3 is 2.48 bits per heavy atom. The Labute approximate surface area is 134 Å². The van der Waals surface area contributed by atoms with Crippen LogP contribution in [0.4, 0.5) is 5.69 Å². The number of nitro benzene ring substituents is 1. The summed E-state index contributed by atoms with van der Waals surface area (Å²) in [7, 11) is 1.36. The number of hydrogen-bond donors (Lipinski definition) is 0. The maximum atomic E-state index is 12.6. The number of benzene rings is 2. The Morgan fingerprint density at radius 2 is 1.91 bits per heavy atom. The number of nitro groups is 1. The average Bonchev–Trinajstić information content (AvgIpc) is 2.59. The first-order valence-electron chi connectivity index (χ1n) is 7.22. The van der Waals surface area contributed by atoms with Crippen LogP contribution in [0.15, 0.2) is 48.5 Å². The molecule has 6 heteroatoms. The molecule has 0 heterocycles. The van der Waals surface area contributed by atoms with E-state index in [0.29, 0.717) is 13.1 Å². The molecule has 0 atom stereocenters. The second-order valence-corrected chi connectivity index (χ2v) is 4.95. The van der Waals surface area contributed by atoms with Gasteiger partial charge in [-0.05, 0) is 24.6 Å². The van der Waals surface area contributed by atoms with E-state index in [0.717, 1.165) is 5.56 Å². The molecular weight excluding hydrogens is 296 g/mol. The normalized spacial score (nSPS) is 10.2. The summed E-state index contributed by atoms with van der Waals surface area (Å²) in [6.07, 6.45) is 0. The highest BCUT2D eigenvalue weighted by Gasteiger charge is 2.21. The lowest BCUT2D eigenvalue weighted by molar-refractivity contribution is -0.385. The summed E-state index contributed by atoms with van der Waals surface area (Å²) in [4.78, 5) is 24.8. The SMILES string of the molecule is CCN(Cc1ccccc1)C(=O)c1ccc(OC)c([N+](=O)[O-])c1. The third-order valence-corrected chi connectivity index (χ3v) is 3.51. The smallest absolute Gasteiger partial charge is 0.311 e. The van der Waals surface area contributed by atoms with Gasteiger partial charge in [0.15, 0.2) is 5.75 Å². The van der Waals surface area contributed by atoms with Crippen molar-refractivity contribution < 1.29 is 14.5 Å². The number of hydrogen-bond acceptors (Lipinski definition) is 4. The molecule has 0 aliphatic rings. The van der Waals surface area contributed by atoms with Crippen molar-refractivity contribution in [1.82, 2.24) is 4.90 Å². The topological polar surface area (TPSA) is 72.7 Å². The van der Waals surface area contributed by atoms with Crippen LogP contribution in [0, 0.1) is 10.1 Å². The minimum Gasteiger partial charge on any atom is -0.490 e. The zero-order valence-corrected chi connectivity index (χ0v) is 13.1. The van der Waals surface area contributed by atoms with Crippen molar-refractivity contribution in [2.75, 3.05) is 13.7 Å². The molecular formula is C17H18N2O4. The van der Waals surface area contributed by atoms with Crippen LogP contribution in [-0.2, 0) is 6.54 Å². The molecule has 0 saturated carbocycles. The highest BCUT2D eigenvalue weighted by molar-refractivity contribution is 5.95. The van der Waals surface area contributed by atoms with Crippen LogP contribution in [0.25, 0.3) is 0 Å². The zero-order chi connectivity index (χ0) is 16.8. The van der Waals surface area contributed by atoms with Crippen molar-refractivity contribution in [2.45, 2.75) is 13.5 Å². The van der Waals surface area contributed by atoms with Gasteiger partial charge in [-0.25, -0.2) is 0 Å². The van der Waals surface area contributed by atoms with Crippen LogP contribution in [0.3, 0.4) is 0 Å². The molecule has 1 amide bonds. The molecule has 2 rings (SSSR count). The number of methoxy groups -OCH3 is 1. The van der Waals surface area contributed by atoms with Gasteiger partial charge in [0.05, 0.1) is 12.0 Å². The van der Waals surface area contributed by atoms with Crippen LogP contribution in [0.5, 0.6) is 5.75 Å². The van der Waals surface area contributed by atoms with Gasteiger partial charge in [0.25, 0.3) is 5.91 Å². The summed E-state index contributed by atoms with van der Waals surface area (Å²) in [6, 6.07) is 13.9. The number of carbonyl (C=O) groups excluding carboxylic acids is 1. The Kier molecular flexibility index (Phi) is 5.30. The second kappa shape index (κ2) is 7.40. The Balaban J connectivity index is 2.27. The van der Waals surface area contributed by atoms with Gasteiger partial charge in [-0.3, -0.25) is 14.9 Å². The van der Waals surface area contributed by atoms with E-state index in [1.807, 2.05) is 37.3 Å². The molecule has 0 radical (unpaired) electrons. The Morgan fingerprint density at radius 1 is 1.22 bits per heavy atom. The maximum absolute atomic E-state index is 12.6. The van der Waals surface area contributed by atoms with E-state index in [1.54, 1.807) is 11.0 Å². The van der Waals surface area contributed by atoms with Crippen molar-refractivity contribution in [3.8, 4) is 5.75 Å². The molecule has 0 bridgehead atoms. The summed E-state index contributed by atoms with van der Waals surface area (Å²) < 4.78 is 4.96. The highest BCUT2D eigenvalue weighted by atomic mass is 16.6. The van der Waals surface area contributed by atoms with Crippen molar-refractivity contribution in [3.63, 3.8) is 0 Å². The molecule has 120 valence electrons. The van der Waals surface area contributed by atoms with E-state index < -0.39 is 4.92 Å². The van der Waals surface area contributed by atoms with Crippen LogP contribution in [0.2, 0.25) is 0 Å². The summed E-state index contributed by atoms with van der Waals surface area (Å²) in [5, 5.41) is 11.1. The van der Waals surface area contributed by atoms with E-state index in [1.165, 1.54) is 19.2 Å². The second-order valence-electron chi connectivity index (χ2n) is 4.95. The molecule has 0 spiro atoms. The molecule has 0 aromatic heterocycles. The predicted octanol–water partition coefficient (Wildman–Crippen LogP) is 3.27. The molecule has 2 aromatic rings. The van der Waals surface area contributed by atoms with E-state index in [9.17, 15) is 14.9 Å². The van der Waals surface area contributed by atoms with Crippen LogP contribution >= 0.6 is 0 Å². The third kappa shape index (κ3) is 3.85. The Hall–Kier alpha value is -2.89. The fraction of sp³-hybridized carbons (Fsp3) is 0.235. The fourth-order valence-electron chi connectivity index (χ4n) is 2.28. The number of nitrogens with zero attached hydrogens (tertiary/aromatic N) is 2. The number of ether oxygens (including phenoxy) is 1. The van der Waals surface area contributed by atoms with Gasteiger partial charge in [0.2, 0.25) is 0 Å². The first-order chi connectivity index (χ1) is 11.1. The van der Waals surface area contributed by atoms with Gasteiger partial charge < -0.3 is 9.64 Å². The quantitative estimate of drug-likeness (QED) is 0.606. The molecule has 0 saturated heterocycles. The molecule has 2 aromatic carbocycles. The van der Waals surface area contributed by atoms with Gasteiger partial charge in [-0.15, -0.1) is 0 Å². The van der Waals surface area contributed by atoms with Gasteiger partial charge in [-0.2, -0.15) is 0 Å². The van der Waals surface area contributed by atoms with Gasteiger partial charge in [-0.1, -0.05) is 30.3 Å². The van der Waals surface area contributed by atoms with E-state index in [2.05, 4.69) is 0 Å². The largest absolute Gasteiger partial charge is 0.490 e. The minimum absolute atomic E-state index is 0.137. The number of rotatable bonds is 6. The molecule has 0 unspecified atom stereocenters. The Bertz CT molecular complexity index is 701. The maximum Gasteiger partial charge on any atom is 0.311 e. The number of carbonyl (C=O) groups is 1. The summed E-state index contributed by atoms with van der Waals surface area (Å²) in [5.74, 6) is -0.111. The lowest BCUT2D eigenvalue weighted by Gasteiger charge is -2.21. The van der Waals surface area contributed by atoms with Crippen molar-refractivity contribution in [1.29, 1.82) is 0 Å². The monoisotopic (exact) mass is 314 g/mol. The molecule has 0 aliphatic heterocycles. The average molecular weight is 314 g/mol. The minimum atomic E-state index is -0.552. The van der Waals surface area contributed by atoms with E-state index in [4.69, 9.17) is 4.74 Å². The summed E-state index contributed by atoms with van der Waals surface area (Å²) in [5.41, 5.74) is 1.06. The third-order valence-electron chi connectivity index (χ3n) is 3.51. The number of amides is 1. The molecule has 0 fully saturated rings. The first-order valence-corrected chi connectivity index (χ1v) is 7.22. The van der Waals surface area contributed by atoms with Gasteiger partial charge in [0, 0.05) is 24.7 Å². The van der Waals surface area contributed by atoms with Crippen LogP contribution in [-0.4, -0.2) is 29.4 Å². The van der Waals surface area contributed by atoms with Crippen molar-refractivity contribution in [3.05, 3.63) is 69.8 Å². The van der Waals surface area contributed by atoms with E-state index in [-0.39, 0.29) is 22.9 Å². The van der Waals surface area contributed by atoms with Crippen LogP contribution < -0.4 is 4.74 Å². The molecule has 23 heavy (non-hydrogen) atoms. The standard InChI is InChI=1S/C17H18N2O4/c1-3-18(12-13-7-5-4-6-8-13)17(20)14-9-10-16(23-2)15(11-14)19(21)22/h4-11H,3,12H2,1-2H3. The predicted molar refractivity (Wildman–Crippen MR) is 86.5 cm³/mol. The molecule has 0 N–H and O–H groups in total. The highest BCUT2D eigenvalue weighted by Crippen LogP contribution is 2.28. The lowest BCUT2D eigenvalue weighted by Crippen LogP contribution is -2.30. The van der Waals surface area contributed by atoms with Gasteiger partial charge in [0.1, 0.15) is 0 Å².